The fraction of sp³-hybridized carbons (Fsp3) is 0.500. The number of hydrogen-bond donors (Lipinski definition) is 1. The van der Waals surface area contributed by atoms with Crippen molar-refractivity contribution in [3.8, 4) is 5.69 Å². The molecule has 0 aliphatic heterocycles. The van der Waals surface area contributed by atoms with Crippen molar-refractivity contribution in [3.05, 3.63) is 36.2 Å². The van der Waals surface area contributed by atoms with Crippen LogP contribution in [0, 0.1) is 5.92 Å². The first kappa shape index (κ1) is 18.5. The molecule has 6 heteroatoms. The number of carbonyl (C=O) groups excluding carboxylic acids is 1. The Bertz CT molecular complexity index is 649. The van der Waals surface area contributed by atoms with Crippen molar-refractivity contribution in [2.24, 2.45) is 5.92 Å². The van der Waals surface area contributed by atoms with Crippen LogP contribution in [-0.2, 0) is 4.79 Å². The summed E-state index contributed by atoms with van der Waals surface area (Å²) in [6, 6.07) is 8.36. The minimum atomic E-state index is 0.0327. The molecule has 0 atom stereocenters. The number of nitrogens with one attached hydrogen (secondary N) is 1. The van der Waals surface area contributed by atoms with Crippen molar-refractivity contribution in [3.63, 3.8) is 0 Å². The van der Waals surface area contributed by atoms with Crippen LogP contribution in [-0.4, -0.2) is 33.0 Å². The number of carbonyl (C=O) groups is 1. The highest BCUT2D eigenvalue weighted by Gasteiger charge is 2.10. The largest absolute Gasteiger partial charge is 0.355 e. The van der Waals surface area contributed by atoms with E-state index in [1.807, 2.05) is 4.57 Å². The molecule has 5 nitrogen and oxygen atoms in total. The molecule has 0 spiro atoms. The van der Waals surface area contributed by atoms with Gasteiger partial charge in [-0.3, -0.25) is 9.36 Å². The van der Waals surface area contributed by atoms with E-state index < -0.39 is 0 Å². The molecule has 0 fully saturated rings. The van der Waals surface area contributed by atoms with Gasteiger partial charge in [0.25, 0.3) is 0 Å². The van der Waals surface area contributed by atoms with Crippen LogP contribution in [0.5, 0.6) is 0 Å². The molecule has 0 saturated carbocycles. The van der Waals surface area contributed by atoms with Crippen LogP contribution in [0.4, 0.5) is 0 Å². The van der Waals surface area contributed by atoms with Gasteiger partial charge in [-0.2, -0.15) is 0 Å². The summed E-state index contributed by atoms with van der Waals surface area (Å²) in [6.45, 7) is 9.36. The van der Waals surface area contributed by atoms with Gasteiger partial charge in [0.1, 0.15) is 6.33 Å². The highest BCUT2D eigenvalue weighted by Crippen LogP contribution is 2.21. The number of aromatic nitrogens is 3. The molecular formula is C18H26N4OS. The Hall–Kier alpha value is -1.82. The smallest absolute Gasteiger partial charge is 0.230 e. The Labute approximate surface area is 148 Å². The van der Waals surface area contributed by atoms with E-state index in [4.69, 9.17) is 0 Å². The SMILES string of the molecule is CC(C)CCNC(=O)CSc1nncn1-c1ccc(C(C)C)cc1. The van der Waals surface area contributed by atoms with Gasteiger partial charge in [-0.1, -0.05) is 51.6 Å². The molecule has 1 aromatic heterocycles. The van der Waals surface area contributed by atoms with Gasteiger partial charge in [-0.15, -0.1) is 10.2 Å². The van der Waals surface area contributed by atoms with Crippen molar-refractivity contribution >= 4 is 17.7 Å². The summed E-state index contributed by atoms with van der Waals surface area (Å²) in [6.07, 6.45) is 2.68. The van der Waals surface area contributed by atoms with Crippen LogP contribution in [0.3, 0.4) is 0 Å². The van der Waals surface area contributed by atoms with Crippen LogP contribution >= 0.6 is 11.8 Å². The summed E-state index contributed by atoms with van der Waals surface area (Å²) in [4.78, 5) is 11.9. The lowest BCUT2D eigenvalue weighted by Gasteiger charge is -2.09. The highest BCUT2D eigenvalue weighted by molar-refractivity contribution is 7.99. The van der Waals surface area contributed by atoms with E-state index in [-0.39, 0.29) is 5.91 Å². The number of hydrogen-bond acceptors (Lipinski definition) is 4. The molecule has 1 aromatic carbocycles. The fourth-order valence-corrected chi connectivity index (χ4v) is 2.96. The second kappa shape index (κ2) is 8.87. The maximum atomic E-state index is 11.9. The summed E-state index contributed by atoms with van der Waals surface area (Å²) in [5.74, 6) is 1.48. The quantitative estimate of drug-likeness (QED) is 0.741. The molecule has 0 radical (unpaired) electrons. The molecule has 24 heavy (non-hydrogen) atoms. The highest BCUT2D eigenvalue weighted by atomic mass is 32.2. The van der Waals surface area contributed by atoms with Crippen molar-refractivity contribution in [1.82, 2.24) is 20.1 Å². The van der Waals surface area contributed by atoms with Crippen molar-refractivity contribution in [2.45, 2.75) is 45.2 Å². The van der Waals surface area contributed by atoms with E-state index in [0.717, 1.165) is 23.8 Å². The first-order valence-electron chi connectivity index (χ1n) is 8.37. The molecule has 0 unspecified atom stereocenters. The van der Waals surface area contributed by atoms with Crippen LogP contribution in [0.25, 0.3) is 5.69 Å². The number of amides is 1. The summed E-state index contributed by atoms with van der Waals surface area (Å²) in [5.41, 5.74) is 2.30. The van der Waals surface area contributed by atoms with Crippen molar-refractivity contribution in [2.75, 3.05) is 12.3 Å². The van der Waals surface area contributed by atoms with Gasteiger partial charge in [0.15, 0.2) is 5.16 Å². The summed E-state index contributed by atoms with van der Waals surface area (Å²) in [5, 5.41) is 11.8. The van der Waals surface area contributed by atoms with E-state index in [1.54, 1.807) is 6.33 Å². The van der Waals surface area contributed by atoms with Gasteiger partial charge in [-0.05, 0) is 36.0 Å². The van der Waals surface area contributed by atoms with Crippen molar-refractivity contribution < 1.29 is 4.79 Å². The maximum Gasteiger partial charge on any atom is 0.230 e. The van der Waals surface area contributed by atoms with Gasteiger partial charge in [-0.25, -0.2) is 0 Å². The first-order chi connectivity index (χ1) is 11.5. The fourth-order valence-electron chi connectivity index (χ4n) is 2.20. The van der Waals surface area contributed by atoms with Crippen LogP contribution in [0.2, 0.25) is 0 Å². The van der Waals surface area contributed by atoms with Gasteiger partial charge in [0, 0.05) is 12.2 Å². The predicted molar refractivity (Wildman–Crippen MR) is 98.6 cm³/mol. The van der Waals surface area contributed by atoms with Gasteiger partial charge >= 0.3 is 0 Å². The molecule has 0 bridgehead atoms. The normalized spacial score (nSPS) is 11.2. The number of nitrogens with zero attached hydrogens (tertiary/aromatic N) is 3. The molecule has 0 saturated heterocycles. The Kier molecular flexibility index (Phi) is 6.85. The maximum absolute atomic E-state index is 11.9. The minimum absolute atomic E-state index is 0.0327. The van der Waals surface area contributed by atoms with Gasteiger partial charge < -0.3 is 5.32 Å². The Morgan fingerprint density at radius 3 is 2.54 bits per heavy atom. The van der Waals surface area contributed by atoms with Crippen molar-refractivity contribution in [1.29, 1.82) is 0 Å². The third-order valence-corrected chi connectivity index (χ3v) is 4.67. The molecule has 1 heterocycles. The third-order valence-electron chi connectivity index (χ3n) is 3.73. The zero-order chi connectivity index (χ0) is 17.5. The molecule has 0 aliphatic carbocycles. The van der Waals surface area contributed by atoms with E-state index in [1.165, 1.54) is 17.3 Å². The summed E-state index contributed by atoms with van der Waals surface area (Å²) >= 11 is 1.40. The zero-order valence-corrected chi connectivity index (χ0v) is 15.6. The van der Waals surface area contributed by atoms with E-state index >= 15 is 0 Å². The topological polar surface area (TPSA) is 59.8 Å². The molecule has 130 valence electrons. The summed E-state index contributed by atoms with van der Waals surface area (Å²) < 4.78 is 1.91. The van der Waals surface area contributed by atoms with Crippen LogP contribution < -0.4 is 5.32 Å². The van der Waals surface area contributed by atoms with Crippen LogP contribution in [0.1, 0.15) is 45.6 Å². The standard InChI is InChI=1S/C18H26N4OS/c1-13(2)9-10-19-17(23)11-24-18-21-20-12-22(18)16-7-5-15(6-8-16)14(3)4/h5-8,12-14H,9-11H2,1-4H3,(H,19,23). The average molecular weight is 347 g/mol. The molecule has 2 rings (SSSR count). The Balaban J connectivity index is 1.94. The predicted octanol–water partition coefficient (Wildman–Crippen LogP) is 3.65. The lowest BCUT2D eigenvalue weighted by molar-refractivity contribution is -0.118. The summed E-state index contributed by atoms with van der Waals surface area (Å²) in [7, 11) is 0. The van der Waals surface area contributed by atoms with Crippen LogP contribution in [0.15, 0.2) is 35.7 Å². The lowest BCUT2D eigenvalue weighted by Crippen LogP contribution is -2.27. The number of rotatable bonds is 8. The molecule has 1 amide bonds. The number of thioether (sulfide) groups is 1. The number of benzene rings is 1. The molecule has 2 aromatic rings. The monoisotopic (exact) mass is 346 g/mol. The van der Waals surface area contributed by atoms with Gasteiger partial charge in [0.05, 0.1) is 5.75 Å². The van der Waals surface area contributed by atoms with E-state index in [0.29, 0.717) is 17.6 Å². The minimum Gasteiger partial charge on any atom is -0.355 e. The second-order valence-corrected chi connectivity index (χ2v) is 7.49. The van der Waals surface area contributed by atoms with E-state index in [2.05, 4.69) is 67.5 Å². The Morgan fingerprint density at radius 2 is 1.92 bits per heavy atom. The second-order valence-electron chi connectivity index (χ2n) is 6.55. The lowest BCUT2D eigenvalue weighted by atomic mass is 10.0. The molecule has 0 aliphatic rings. The van der Waals surface area contributed by atoms with E-state index in [9.17, 15) is 4.79 Å². The first-order valence-corrected chi connectivity index (χ1v) is 9.35. The third kappa shape index (κ3) is 5.37. The zero-order valence-electron chi connectivity index (χ0n) is 14.8. The molecular weight excluding hydrogens is 320 g/mol. The van der Waals surface area contributed by atoms with Gasteiger partial charge in [0.2, 0.25) is 5.91 Å². The Morgan fingerprint density at radius 1 is 1.21 bits per heavy atom. The molecule has 1 N–H and O–H groups in total. The average Bonchev–Trinajstić information content (AvgIpc) is 3.01.